The minimum Gasteiger partial charge on any atom is -0.281 e. The summed E-state index contributed by atoms with van der Waals surface area (Å²) < 4.78 is 0. The van der Waals surface area contributed by atoms with Crippen LogP contribution in [0, 0.1) is 0 Å². The Morgan fingerprint density at radius 1 is 0.394 bits per heavy atom. The van der Waals surface area contributed by atoms with Gasteiger partial charge in [0.15, 0.2) is 0 Å². The van der Waals surface area contributed by atoms with Crippen molar-refractivity contribution in [3.05, 3.63) is 233 Å². The van der Waals surface area contributed by atoms with E-state index in [1.54, 1.807) is 24.8 Å². The molecule has 0 radical (unpaired) electrons. The molecule has 12 rings (SSSR count). The molecule has 0 spiro atoms. The van der Waals surface area contributed by atoms with E-state index in [-0.39, 0.29) is 16.2 Å². The normalized spacial score (nSPS) is 19.9. The van der Waals surface area contributed by atoms with Crippen LogP contribution in [-0.4, -0.2) is 45.5 Å². The second-order valence-electron chi connectivity index (χ2n) is 18.0. The van der Waals surface area contributed by atoms with Crippen molar-refractivity contribution in [1.29, 1.82) is 0 Å². The van der Waals surface area contributed by atoms with Crippen molar-refractivity contribution >= 4 is 18.2 Å². The molecule has 9 nitrogen and oxygen atoms in total. The summed E-state index contributed by atoms with van der Waals surface area (Å²) in [5, 5.41) is 23.2. The average Bonchev–Trinajstić information content (AvgIpc) is 4.12. The predicted molar refractivity (Wildman–Crippen MR) is 265 cm³/mol. The predicted octanol–water partition coefficient (Wildman–Crippen LogP) is 12.0. The van der Waals surface area contributed by atoms with Gasteiger partial charge in [0.1, 0.15) is 11.4 Å². The molecule has 6 aromatic heterocycles. The standard InChI is InChI=1S/3C19H17N3/c1-19(15-7-3-2-4-8-15)10-9-16-17(12-19)21-22-18(16)14-6-5-11-20-13-14;1-19(14-7-3-2-4-8-14)11-10-15-17(13-19)21-22-18(15)16-9-5-6-12-20-16;1-19(15-5-3-2-4-6-15)10-7-16-17(13-19)21-22-18(16)14-8-11-20-12-9-14/h2-11,13H,12H2,1H3,(H,21,22);2*2-12H,13H2,1H3,(H,21,22). The van der Waals surface area contributed by atoms with Crippen molar-refractivity contribution in [2.24, 2.45) is 0 Å². The summed E-state index contributed by atoms with van der Waals surface area (Å²) >= 11 is 0. The van der Waals surface area contributed by atoms with Crippen molar-refractivity contribution in [1.82, 2.24) is 45.5 Å². The van der Waals surface area contributed by atoms with Crippen molar-refractivity contribution in [3.8, 4) is 33.9 Å². The van der Waals surface area contributed by atoms with Gasteiger partial charge in [-0.3, -0.25) is 30.2 Å². The van der Waals surface area contributed by atoms with Crippen LogP contribution in [0.5, 0.6) is 0 Å². The molecule has 0 amide bonds. The van der Waals surface area contributed by atoms with Crippen LogP contribution in [0.1, 0.15) is 71.2 Å². The van der Waals surface area contributed by atoms with E-state index in [2.05, 4.69) is 194 Å². The van der Waals surface area contributed by atoms with E-state index in [0.717, 1.165) is 58.7 Å². The third-order valence-corrected chi connectivity index (χ3v) is 13.2. The lowest BCUT2D eigenvalue weighted by Crippen LogP contribution is -2.25. The van der Waals surface area contributed by atoms with E-state index in [1.165, 1.54) is 44.9 Å². The first-order valence-electron chi connectivity index (χ1n) is 22.5. The summed E-state index contributed by atoms with van der Waals surface area (Å²) in [6, 6.07) is 45.8. The molecule has 6 heterocycles. The van der Waals surface area contributed by atoms with Gasteiger partial charge in [-0.05, 0) is 53.1 Å². The van der Waals surface area contributed by atoms with Crippen LogP contribution in [-0.2, 0) is 35.5 Å². The van der Waals surface area contributed by atoms with Crippen LogP contribution in [0.25, 0.3) is 52.1 Å². The first-order valence-corrected chi connectivity index (χ1v) is 22.5. The van der Waals surface area contributed by atoms with Gasteiger partial charge in [0.25, 0.3) is 0 Å². The van der Waals surface area contributed by atoms with E-state index in [0.29, 0.717) is 0 Å². The van der Waals surface area contributed by atoms with Crippen molar-refractivity contribution < 1.29 is 0 Å². The largest absolute Gasteiger partial charge is 0.281 e. The third kappa shape index (κ3) is 8.39. The minimum atomic E-state index is 0.00216. The summed E-state index contributed by atoms with van der Waals surface area (Å²) in [5.74, 6) is 0. The summed E-state index contributed by atoms with van der Waals surface area (Å²) in [4.78, 5) is 12.7. The highest BCUT2D eigenvalue weighted by Gasteiger charge is 2.33. The first kappa shape index (κ1) is 41.9. The maximum atomic E-state index is 4.52. The SMILES string of the molecule is CC1(c2ccccc2)C=Cc2c(-c3ccccn3)n[nH]c2C1.CC1(c2ccccc2)C=Cc2c(-c3cccnc3)n[nH]c2C1.CC1(c2ccccc2)C=Cc2c(-c3ccncc3)n[nH]c2C1. The number of aromatic nitrogens is 9. The Balaban J connectivity index is 0.000000116. The number of hydrogen-bond acceptors (Lipinski definition) is 6. The highest BCUT2D eigenvalue weighted by Crippen LogP contribution is 2.40. The van der Waals surface area contributed by atoms with Crippen molar-refractivity contribution in [2.45, 2.75) is 56.3 Å². The highest BCUT2D eigenvalue weighted by molar-refractivity contribution is 5.77. The molecule has 3 atom stereocenters. The zero-order chi connectivity index (χ0) is 45.0. The number of hydrogen-bond donors (Lipinski definition) is 3. The van der Waals surface area contributed by atoms with Crippen LogP contribution < -0.4 is 0 Å². The molecule has 3 aromatic carbocycles. The number of H-pyrrole nitrogens is 3. The Morgan fingerprint density at radius 3 is 1.27 bits per heavy atom. The number of benzene rings is 3. The lowest BCUT2D eigenvalue weighted by molar-refractivity contribution is 0.577. The zero-order valence-electron chi connectivity index (χ0n) is 37.4. The number of fused-ring (bicyclic) bond motifs is 3. The van der Waals surface area contributed by atoms with E-state index in [1.807, 2.05) is 48.7 Å². The number of nitrogens with zero attached hydrogens (tertiary/aromatic N) is 6. The summed E-state index contributed by atoms with van der Waals surface area (Å²) in [7, 11) is 0. The second-order valence-corrected chi connectivity index (χ2v) is 18.0. The molecule has 0 saturated heterocycles. The Hall–Kier alpha value is -8.04. The molecule has 0 bridgehead atoms. The van der Waals surface area contributed by atoms with Gasteiger partial charge in [0, 0.05) is 111 Å². The molecule has 0 saturated carbocycles. The number of pyridine rings is 3. The van der Waals surface area contributed by atoms with E-state index >= 15 is 0 Å². The van der Waals surface area contributed by atoms with Gasteiger partial charge in [-0.15, -0.1) is 0 Å². The van der Waals surface area contributed by atoms with Crippen LogP contribution >= 0.6 is 0 Å². The molecule has 9 aromatic rings. The van der Waals surface area contributed by atoms with E-state index in [4.69, 9.17) is 0 Å². The maximum absolute atomic E-state index is 4.52. The van der Waals surface area contributed by atoms with E-state index in [9.17, 15) is 0 Å². The highest BCUT2D eigenvalue weighted by atomic mass is 15.1. The molecular weight excluding hydrogens is 811 g/mol. The quantitative estimate of drug-likeness (QED) is 0.153. The fraction of sp³-hybridized carbons (Fsp3) is 0.158. The molecular formula is C57H51N9. The molecule has 9 heteroatoms. The zero-order valence-corrected chi connectivity index (χ0v) is 37.4. The maximum Gasteiger partial charge on any atom is 0.118 e. The second kappa shape index (κ2) is 17.9. The summed E-state index contributed by atoms with van der Waals surface area (Å²) in [6.07, 6.45) is 25.3. The number of rotatable bonds is 6. The van der Waals surface area contributed by atoms with E-state index < -0.39 is 0 Å². The fourth-order valence-electron chi connectivity index (χ4n) is 9.39. The Labute approximate surface area is 385 Å². The van der Waals surface area contributed by atoms with Crippen LogP contribution in [0.15, 0.2) is 183 Å². The number of aromatic amines is 3. The van der Waals surface area contributed by atoms with Gasteiger partial charge in [-0.25, -0.2) is 0 Å². The molecule has 0 fully saturated rings. The Kier molecular flexibility index (Phi) is 11.3. The number of allylic oxidation sites excluding steroid dienone is 3. The third-order valence-electron chi connectivity index (χ3n) is 13.2. The number of nitrogens with one attached hydrogen (secondary N) is 3. The molecule has 3 unspecified atom stereocenters. The smallest absolute Gasteiger partial charge is 0.118 e. The molecule has 0 aliphatic heterocycles. The van der Waals surface area contributed by atoms with Crippen LogP contribution in [0.2, 0.25) is 0 Å². The Bertz CT molecular complexity index is 2800. The van der Waals surface area contributed by atoms with Gasteiger partial charge >= 0.3 is 0 Å². The van der Waals surface area contributed by atoms with Crippen molar-refractivity contribution in [2.75, 3.05) is 0 Å². The van der Waals surface area contributed by atoms with Crippen LogP contribution in [0.3, 0.4) is 0 Å². The minimum absolute atomic E-state index is 0.00216. The average molecular weight is 862 g/mol. The van der Waals surface area contributed by atoms with Crippen LogP contribution in [0.4, 0.5) is 0 Å². The molecule has 324 valence electrons. The summed E-state index contributed by atoms with van der Waals surface area (Å²) in [5.41, 5.74) is 17.1. The lowest BCUT2D eigenvalue weighted by atomic mass is 9.74. The first-order chi connectivity index (χ1) is 32.3. The Morgan fingerprint density at radius 2 is 0.833 bits per heavy atom. The van der Waals surface area contributed by atoms with Gasteiger partial charge in [-0.1, -0.05) is 154 Å². The monoisotopic (exact) mass is 861 g/mol. The molecule has 3 aliphatic carbocycles. The summed E-state index contributed by atoms with van der Waals surface area (Å²) in [6.45, 7) is 6.81. The van der Waals surface area contributed by atoms with Crippen molar-refractivity contribution in [3.63, 3.8) is 0 Å². The van der Waals surface area contributed by atoms with Gasteiger partial charge in [-0.2, -0.15) is 15.3 Å². The topological polar surface area (TPSA) is 125 Å². The fourth-order valence-corrected chi connectivity index (χ4v) is 9.39. The van der Waals surface area contributed by atoms with Gasteiger partial charge in [0.2, 0.25) is 0 Å². The van der Waals surface area contributed by atoms with Gasteiger partial charge in [0.05, 0.1) is 11.4 Å². The van der Waals surface area contributed by atoms with Gasteiger partial charge < -0.3 is 0 Å². The molecule has 3 aliphatic rings. The lowest BCUT2D eigenvalue weighted by Gasteiger charge is -2.29. The molecule has 66 heavy (non-hydrogen) atoms. The molecule has 3 N–H and O–H groups in total.